The second kappa shape index (κ2) is 14.4. The van der Waals surface area contributed by atoms with Gasteiger partial charge in [-0.25, -0.2) is 0 Å². The molecule has 1 saturated carbocycles. The lowest BCUT2D eigenvalue weighted by atomic mass is 9.83. The molecule has 1 fully saturated rings. The van der Waals surface area contributed by atoms with Crippen LogP contribution in [0.25, 0.3) is 0 Å². The Balaban J connectivity index is 0.00000114. The Bertz CT molecular complexity index is 786. The van der Waals surface area contributed by atoms with Gasteiger partial charge in [0.05, 0.1) is 6.07 Å². The number of halogens is 1. The van der Waals surface area contributed by atoms with E-state index in [2.05, 4.69) is 80.3 Å². The molecule has 1 atom stereocenters. The minimum Gasteiger partial charge on any atom is -0.298 e. The molecule has 0 bridgehead atoms. The Hall–Kier alpha value is -1.82. The summed E-state index contributed by atoms with van der Waals surface area (Å²) in [5.41, 5.74) is 4.42. The predicted molar refractivity (Wildman–Crippen MR) is 138 cm³/mol. The Kier molecular flexibility index (Phi) is 11.9. The van der Waals surface area contributed by atoms with Crippen molar-refractivity contribution in [2.24, 2.45) is 0 Å². The van der Waals surface area contributed by atoms with Crippen LogP contribution >= 0.6 is 11.6 Å². The highest BCUT2D eigenvalue weighted by Gasteiger charge is 2.21. The van der Waals surface area contributed by atoms with Crippen LogP contribution in [-0.4, -0.2) is 28.9 Å². The summed E-state index contributed by atoms with van der Waals surface area (Å²) >= 11 is 6.27. The summed E-state index contributed by atoms with van der Waals surface area (Å²) in [4.78, 5) is 2.66. The quantitative estimate of drug-likeness (QED) is 0.363. The summed E-state index contributed by atoms with van der Waals surface area (Å²) in [6.45, 7) is 9.60. The first-order valence-corrected chi connectivity index (χ1v) is 12.7. The Labute approximate surface area is 201 Å². The van der Waals surface area contributed by atoms with Crippen LogP contribution in [-0.2, 0) is 12.8 Å². The second-order valence-corrected chi connectivity index (χ2v) is 9.99. The van der Waals surface area contributed by atoms with Crippen LogP contribution in [0.3, 0.4) is 0 Å². The maximum Gasteiger partial charge on any atom is 0.0587 e. The minimum atomic E-state index is 0.401. The number of nitrogens with zero attached hydrogens (tertiary/aromatic N) is 2. The summed E-state index contributed by atoms with van der Waals surface area (Å²) in [6.07, 6.45) is 8.32. The molecule has 0 radical (unpaired) electrons. The zero-order chi connectivity index (χ0) is 23.3. The number of alkyl halides is 1. The van der Waals surface area contributed by atoms with Gasteiger partial charge in [-0.3, -0.25) is 4.90 Å². The molecule has 0 heterocycles. The van der Waals surface area contributed by atoms with Gasteiger partial charge in [-0.15, -0.1) is 11.6 Å². The maximum absolute atomic E-state index is 7.32. The van der Waals surface area contributed by atoms with Crippen molar-refractivity contribution in [2.45, 2.75) is 96.0 Å². The molecule has 1 aliphatic rings. The first kappa shape index (κ1) is 26.4. The van der Waals surface area contributed by atoms with Crippen molar-refractivity contribution in [3.63, 3.8) is 0 Å². The summed E-state index contributed by atoms with van der Waals surface area (Å²) in [6, 6.07) is 23.2. The van der Waals surface area contributed by atoms with Crippen molar-refractivity contribution in [3.05, 3.63) is 71.3 Å². The molecule has 3 rings (SSSR count). The number of rotatable bonds is 9. The molecule has 0 spiro atoms. The van der Waals surface area contributed by atoms with Gasteiger partial charge in [-0.2, -0.15) is 5.26 Å². The fourth-order valence-corrected chi connectivity index (χ4v) is 5.03. The first-order chi connectivity index (χ1) is 15.4. The number of benzene rings is 2. The molecular weight excluding hydrogens is 412 g/mol. The third kappa shape index (κ3) is 8.97. The number of aryl methyl sites for hydroxylation is 1. The van der Waals surface area contributed by atoms with Crippen LogP contribution < -0.4 is 0 Å². The highest BCUT2D eigenvalue weighted by molar-refractivity contribution is 6.20. The summed E-state index contributed by atoms with van der Waals surface area (Å²) in [7, 11) is 0. The predicted octanol–water partition coefficient (Wildman–Crippen LogP) is 7.76. The van der Waals surface area contributed by atoms with Crippen LogP contribution in [0.15, 0.2) is 54.6 Å². The monoisotopic (exact) mass is 452 g/mol. The van der Waals surface area contributed by atoms with Crippen molar-refractivity contribution in [2.75, 3.05) is 6.54 Å². The molecule has 2 aromatic rings. The molecule has 0 amide bonds. The standard InChI is InChI=1S/C27H38ClN.C2H3N/c1-21(2)29(20-19-23-7-5-4-6-8-23)22(3)9-10-24-11-13-25(14-12-24)26-15-17-27(28)18-16-26;1-2-3/h4-8,11-14,21-22,26-27H,9-10,15-20H2,1-3H3;1H3. The van der Waals surface area contributed by atoms with Crippen LogP contribution in [0, 0.1) is 11.3 Å². The first-order valence-electron chi connectivity index (χ1n) is 12.3. The molecule has 0 N–H and O–H groups in total. The van der Waals surface area contributed by atoms with E-state index in [-0.39, 0.29) is 0 Å². The molecular formula is C29H41ClN2. The third-order valence-electron chi connectivity index (χ3n) is 6.69. The van der Waals surface area contributed by atoms with E-state index in [9.17, 15) is 0 Å². The van der Waals surface area contributed by atoms with Gasteiger partial charge >= 0.3 is 0 Å². The number of hydrogen-bond acceptors (Lipinski definition) is 2. The fourth-order valence-electron chi connectivity index (χ4n) is 4.77. The minimum absolute atomic E-state index is 0.401. The SMILES string of the molecule is CC#N.CC(C)N(CCc1ccccc1)C(C)CCc1ccc(C2CCC(Cl)CC2)cc1. The highest BCUT2D eigenvalue weighted by atomic mass is 35.5. The van der Waals surface area contributed by atoms with Crippen molar-refractivity contribution in [1.82, 2.24) is 4.90 Å². The van der Waals surface area contributed by atoms with Gasteiger partial charge in [0.15, 0.2) is 0 Å². The second-order valence-electron chi connectivity index (χ2n) is 9.37. The molecule has 2 nitrogen and oxygen atoms in total. The lowest BCUT2D eigenvalue weighted by Crippen LogP contribution is -2.40. The topological polar surface area (TPSA) is 27.0 Å². The normalized spacial score (nSPS) is 19.2. The van der Waals surface area contributed by atoms with E-state index < -0.39 is 0 Å². The van der Waals surface area contributed by atoms with Crippen molar-refractivity contribution < 1.29 is 0 Å². The van der Waals surface area contributed by atoms with E-state index >= 15 is 0 Å². The molecule has 32 heavy (non-hydrogen) atoms. The van der Waals surface area contributed by atoms with E-state index in [4.69, 9.17) is 16.9 Å². The van der Waals surface area contributed by atoms with E-state index in [1.165, 1.54) is 55.7 Å². The van der Waals surface area contributed by atoms with E-state index in [1.807, 2.05) is 0 Å². The lowest BCUT2D eigenvalue weighted by Gasteiger charge is -2.33. The third-order valence-corrected chi connectivity index (χ3v) is 7.13. The van der Waals surface area contributed by atoms with Crippen molar-refractivity contribution in [1.29, 1.82) is 5.26 Å². The van der Waals surface area contributed by atoms with Gasteiger partial charge in [0.2, 0.25) is 0 Å². The molecule has 0 aliphatic heterocycles. The van der Waals surface area contributed by atoms with E-state index in [0.717, 1.165) is 19.4 Å². The van der Waals surface area contributed by atoms with Crippen LogP contribution in [0.4, 0.5) is 0 Å². The lowest BCUT2D eigenvalue weighted by molar-refractivity contribution is 0.158. The summed E-state index contributed by atoms with van der Waals surface area (Å²) in [5.74, 6) is 0.715. The van der Waals surface area contributed by atoms with Crippen molar-refractivity contribution in [3.8, 4) is 6.07 Å². The van der Waals surface area contributed by atoms with Crippen molar-refractivity contribution >= 4 is 11.6 Å². The average molecular weight is 453 g/mol. The van der Waals surface area contributed by atoms with E-state index in [0.29, 0.717) is 23.4 Å². The molecule has 3 heteroatoms. The zero-order valence-electron chi connectivity index (χ0n) is 20.4. The molecule has 1 aliphatic carbocycles. The van der Waals surface area contributed by atoms with Crippen LogP contribution in [0.5, 0.6) is 0 Å². The Morgan fingerprint density at radius 3 is 2.03 bits per heavy atom. The highest BCUT2D eigenvalue weighted by Crippen LogP contribution is 2.35. The molecule has 1 unspecified atom stereocenters. The Morgan fingerprint density at radius 2 is 1.47 bits per heavy atom. The largest absolute Gasteiger partial charge is 0.298 e. The van der Waals surface area contributed by atoms with Gasteiger partial charge in [-0.1, -0.05) is 54.6 Å². The summed E-state index contributed by atoms with van der Waals surface area (Å²) < 4.78 is 0. The zero-order valence-corrected chi connectivity index (χ0v) is 21.2. The smallest absolute Gasteiger partial charge is 0.0587 e. The fraction of sp³-hybridized carbons (Fsp3) is 0.552. The van der Waals surface area contributed by atoms with Gasteiger partial charge in [0.1, 0.15) is 0 Å². The molecule has 2 aromatic carbocycles. The van der Waals surface area contributed by atoms with Gasteiger partial charge in [0.25, 0.3) is 0 Å². The van der Waals surface area contributed by atoms with Gasteiger partial charge in [-0.05, 0) is 88.3 Å². The number of nitriles is 1. The molecule has 0 saturated heterocycles. The van der Waals surface area contributed by atoms with Gasteiger partial charge < -0.3 is 0 Å². The van der Waals surface area contributed by atoms with Crippen LogP contribution in [0.1, 0.15) is 82.4 Å². The van der Waals surface area contributed by atoms with Gasteiger partial charge in [0, 0.05) is 30.9 Å². The maximum atomic E-state index is 7.32. The average Bonchev–Trinajstić information content (AvgIpc) is 2.80. The molecule has 0 aromatic heterocycles. The molecule has 174 valence electrons. The summed E-state index contributed by atoms with van der Waals surface area (Å²) in [5, 5.41) is 7.72. The van der Waals surface area contributed by atoms with Crippen LogP contribution in [0.2, 0.25) is 0 Å². The Morgan fingerprint density at radius 1 is 0.906 bits per heavy atom. The van der Waals surface area contributed by atoms with E-state index in [1.54, 1.807) is 6.07 Å². The number of hydrogen-bond donors (Lipinski definition) is 0.